The molecule has 16 heavy (non-hydrogen) atoms. The van der Waals surface area contributed by atoms with Crippen molar-refractivity contribution in [2.24, 2.45) is 0 Å². The standard InChI is InChI=1S/C10H14N2O3S/c1-2-3-4-16-7-10(13)9-5-8(6-11-9)12(14)15/h5-6,11H,2-4,7H2,1H3. The fourth-order valence-corrected chi connectivity index (χ4v) is 2.12. The second-order valence-electron chi connectivity index (χ2n) is 3.36. The zero-order valence-corrected chi connectivity index (χ0v) is 9.88. The molecule has 0 radical (unpaired) electrons. The molecule has 0 aliphatic heterocycles. The highest BCUT2D eigenvalue weighted by atomic mass is 32.2. The van der Waals surface area contributed by atoms with Crippen LogP contribution in [-0.4, -0.2) is 27.2 Å². The first kappa shape index (κ1) is 12.8. The largest absolute Gasteiger partial charge is 0.353 e. The molecule has 0 aromatic carbocycles. The molecule has 0 unspecified atom stereocenters. The zero-order chi connectivity index (χ0) is 12.0. The Morgan fingerprint density at radius 2 is 2.38 bits per heavy atom. The minimum absolute atomic E-state index is 0.0677. The summed E-state index contributed by atoms with van der Waals surface area (Å²) in [5.74, 6) is 1.23. The Bertz CT molecular complexity index is 376. The van der Waals surface area contributed by atoms with Gasteiger partial charge in [-0.05, 0) is 12.2 Å². The highest BCUT2D eigenvalue weighted by Gasteiger charge is 2.13. The molecule has 0 spiro atoms. The Morgan fingerprint density at radius 3 is 2.94 bits per heavy atom. The van der Waals surface area contributed by atoms with E-state index >= 15 is 0 Å². The molecule has 1 rings (SSSR count). The summed E-state index contributed by atoms with van der Waals surface area (Å²) >= 11 is 1.56. The van der Waals surface area contributed by atoms with E-state index in [1.807, 2.05) is 0 Å². The maximum Gasteiger partial charge on any atom is 0.287 e. The maximum absolute atomic E-state index is 11.6. The summed E-state index contributed by atoms with van der Waals surface area (Å²) in [7, 11) is 0. The van der Waals surface area contributed by atoms with Crippen LogP contribution in [0, 0.1) is 10.1 Å². The molecule has 0 saturated carbocycles. The molecular formula is C10H14N2O3S. The predicted molar refractivity (Wildman–Crippen MR) is 64.0 cm³/mol. The molecule has 0 saturated heterocycles. The molecular weight excluding hydrogens is 228 g/mol. The minimum atomic E-state index is -0.516. The average Bonchev–Trinajstić information content (AvgIpc) is 2.73. The van der Waals surface area contributed by atoms with Crippen LogP contribution in [0.4, 0.5) is 5.69 Å². The fraction of sp³-hybridized carbons (Fsp3) is 0.500. The lowest BCUT2D eigenvalue weighted by Gasteiger charge is -1.97. The lowest BCUT2D eigenvalue weighted by atomic mass is 10.3. The number of H-pyrrole nitrogens is 1. The van der Waals surface area contributed by atoms with Crippen molar-refractivity contribution in [3.05, 3.63) is 28.1 Å². The van der Waals surface area contributed by atoms with Crippen molar-refractivity contribution < 1.29 is 9.72 Å². The Hall–Kier alpha value is -1.30. The maximum atomic E-state index is 11.6. The van der Waals surface area contributed by atoms with Gasteiger partial charge in [0.15, 0.2) is 5.78 Å². The molecule has 1 heterocycles. The molecule has 0 fully saturated rings. The molecule has 0 amide bonds. The lowest BCUT2D eigenvalue weighted by Crippen LogP contribution is -2.03. The Kier molecular flexibility index (Phi) is 5.04. The number of nitrogens with zero attached hydrogens (tertiary/aromatic N) is 1. The first-order valence-electron chi connectivity index (χ1n) is 5.09. The number of thioether (sulfide) groups is 1. The van der Waals surface area contributed by atoms with Crippen LogP contribution in [-0.2, 0) is 0 Å². The number of Topliss-reactive ketones (excluding diaryl/α,β-unsaturated/α-hetero) is 1. The van der Waals surface area contributed by atoms with Gasteiger partial charge >= 0.3 is 0 Å². The van der Waals surface area contributed by atoms with Gasteiger partial charge in [0, 0.05) is 6.07 Å². The van der Waals surface area contributed by atoms with Gasteiger partial charge in [0.1, 0.15) is 0 Å². The number of unbranched alkanes of at least 4 members (excludes halogenated alkanes) is 1. The van der Waals surface area contributed by atoms with E-state index in [2.05, 4.69) is 11.9 Å². The highest BCUT2D eigenvalue weighted by molar-refractivity contribution is 7.99. The van der Waals surface area contributed by atoms with Crippen molar-refractivity contribution in [3.8, 4) is 0 Å². The molecule has 88 valence electrons. The van der Waals surface area contributed by atoms with Crippen LogP contribution in [0.3, 0.4) is 0 Å². The topological polar surface area (TPSA) is 76.0 Å². The predicted octanol–water partition coefficient (Wildman–Crippen LogP) is 2.64. The van der Waals surface area contributed by atoms with Gasteiger partial charge in [-0.2, -0.15) is 11.8 Å². The third-order valence-electron chi connectivity index (χ3n) is 2.05. The number of rotatable bonds is 7. The normalized spacial score (nSPS) is 10.3. The third kappa shape index (κ3) is 3.69. The van der Waals surface area contributed by atoms with Crippen molar-refractivity contribution in [2.75, 3.05) is 11.5 Å². The molecule has 0 aliphatic carbocycles. The molecule has 5 nitrogen and oxygen atoms in total. The number of carbonyl (C=O) groups is 1. The first-order chi connectivity index (χ1) is 7.65. The number of nitrogens with one attached hydrogen (secondary N) is 1. The van der Waals surface area contributed by atoms with Crippen LogP contribution in [0.5, 0.6) is 0 Å². The van der Waals surface area contributed by atoms with Gasteiger partial charge in [-0.1, -0.05) is 13.3 Å². The number of ketones is 1. The number of carbonyl (C=O) groups excluding carboxylic acids is 1. The van der Waals surface area contributed by atoms with Crippen molar-refractivity contribution in [3.63, 3.8) is 0 Å². The molecule has 1 aromatic rings. The molecule has 0 aliphatic rings. The van der Waals surface area contributed by atoms with E-state index in [0.717, 1.165) is 18.6 Å². The molecule has 0 atom stereocenters. The van der Waals surface area contributed by atoms with E-state index in [1.54, 1.807) is 11.8 Å². The van der Waals surface area contributed by atoms with Crippen LogP contribution < -0.4 is 0 Å². The van der Waals surface area contributed by atoms with Gasteiger partial charge in [-0.3, -0.25) is 14.9 Å². The molecule has 0 bridgehead atoms. The van der Waals surface area contributed by atoms with Crippen LogP contribution in [0.15, 0.2) is 12.3 Å². The van der Waals surface area contributed by atoms with Crippen molar-refractivity contribution in [1.29, 1.82) is 0 Å². The number of hydrogen-bond acceptors (Lipinski definition) is 4. The van der Waals surface area contributed by atoms with E-state index in [-0.39, 0.29) is 11.5 Å². The zero-order valence-electron chi connectivity index (χ0n) is 9.06. The van der Waals surface area contributed by atoms with E-state index < -0.39 is 4.92 Å². The van der Waals surface area contributed by atoms with Crippen molar-refractivity contribution in [1.82, 2.24) is 4.98 Å². The van der Waals surface area contributed by atoms with E-state index in [4.69, 9.17) is 0 Å². The highest BCUT2D eigenvalue weighted by Crippen LogP contribution is 2.14. The van der Waals surface area contributed by atoms with E-state index in [9.17, 15) is 14.9 Å². The quantitative estimate of drug-likeness (QED) is 0.345. The monoisotopic (exact) mass is 242 g/mol. The summed E-state index contributed by atoms with van der Waals surface area (Å²) in [5, 5.41) is 10.4. The van der Waals surface area contributed by atoms with Crippen molar-refractivity contribution >= 4 is 23.2 Å². The van der Waals surface area contributed by atoms with Crippen LogP contribution in [0.1, 0.15) is 30.3 Å². The van der Waals surface area contributed by atoms with Gasteiger partial charge in [0.25, 0.3) is 5.69 Å². The molecule has 6 heteroatoms. The van der Waals surface area contributed by atoms with Gasteiger partial charge < -0.3 is 4.98 Å². The van der Waals surface area contributed by atoms with Crippen LogP contribution in [0.2, 0.25) is 0 Å². The Morgan fingerprint density at radius 1 is 1.62 bits per heavy atom. The summed E-state index contributed by atoms with van der Waals surface area (Å²) in [6.45, 7) is 2.09. The van der Waals surface area contributed by atoms with Gasteiger partial charge in [0.05, 0.1) is 22.6 Å². The Balaban J connectivity index is 2.43. The third-order valence-corrected chi connectivity index (χ3v) is 3.10. The molecule has 1 N–H and O–H groups in total. The van der Waals surface area contributed by atoms with Crippen LogP contribution in [0.25, 0.3) is 0 Å². The van der Waals surface area contributed by atoms with E-state index in [1.165, 1.54) is 12.3 Å². The number of aromatic amines is 1. The fourth-order valence-electron chi connectivity index (χ4n) is 1.14. The summed E-state index contributed by atoms with van der Waals surface area (Å²) in [4.78, 5) is 24.1. The van der Waals surface area contributed by atoms with E-state index in [0.29, 0.717) is 11.4 Å². The molecule has 1 aromatic heterocycles. The lowest BCUT2D eigenvalue weighted by molar-refractivity contribution is -0.384. The van der Waals surface area contributed by atoms with Crippen molar-refractivity contribution in [2.45, 2.75) is 19.8 Å². The number of nitro groups is 1. The summed E-state index contributed by atoms with van der Waals surface area (Å²) < 4.78 is 0. The summed E-state index contributed by atoms with van der Waals surface area (Å²) in [6.07, 6.45) is 3.43. The SMILES string of the molecule is CCCCSCC(=O)c1cc([N+](=O)[O-])c[nH]1. The number of hydrogen-bond donors (Lipinski definition) is 1. The minimum Gasteiger partial charge on any atom is -0.353 e. The van der Waals surface area contributed by atoms with Gasteiger partial charge in [-0.15, -0.1) is 0 Å². The second kappa shape index (κ2) is 6.32. The second-order valence-corrected chi connectivity index (χ2v) is 4.46. The van der Waals surface area contributed by atoms with Gasteiger partial charge in [0.2, 0.25) is 0 Å². The Labute approximate surface area is 97.8 Å². The van der Waals surface area contributed by atoms with Gasteiger partial charge in [-0.25, -0.2) is 0 Å². The summed E-state index contributed by atoms with van der Waals surface area (Å²) in [6, 6.07) is 1.28. The van der Waals surface area contributed by atoms with Crippen LogP contribution >= 0.6 is 11.8 Å². The number of aromatic nitrogens is 1. The smallest absolute Gasteiger partial charge is 0.287 e. The average molecular weight is 242 g/mol. The summed E-state index contributed by atoms with van der Waals surface area (Å²) in [5.41, 5.74) is 0.248. The first-order valence-corrected chi connectivity index (χ1v) is 6.24.